The van der Waals surface area contributed by atoms with E-state index in [-0.39, 0.29) is 5.13 Å². The predicted molar refractivity (Wildman–Crippen MR) is 49.5 cm³/mol. The summed E-state index contributed by atoms with van der Waals surface area (Å²) in [5.74, 6) is -0.899. The van der Waals surface area contributed by atoms with Gasteiger partial charge in [-0.25, -0.2) is 9.78 Å². The Bertz CT molecular complexity index is 327. The van der Waals surface area contributed by atoms with Gasteiger partial charge in [-0.05, 0) is 0 Å². The number of carbonyl (C=O) groups excluding carboxylic acids is 1. The molecule has 0 amide bonds. The van der Waals surface area contributed by atoms with Crippen LogP contribution in [0.15, 0.2) is 6.20 Å². The maximum Gasteiger partial charge on any atom is 0.337 e. The highest BCUT2D eigenvalue weighted by Gasteiger charge is 2.27. The summed E-state index contributed by atoms with van der Waals surface area (Å²) >= 11 is 1.00. The molecular formula is C7H10N2O4S. The molecule has 0 fully saturated rings. The SMILES string of the molecule is COC(=O)C(O)C(O)c1cnc(N)s1. The summed E-state index contributed by atoms with van der Waals surface area (Å²) in [7, 11) is 1.12. The number of hydrogen-bond donors (Lipinski definition) is 3. The van der Waals surface area contributed by atoms with Crippen molar-refractivity contribution in [2.45, 2.75) is 12.2 Å². The van der Waals surface area contributed by atoms with Crippen molar-refractivity contribution in [2.75, 3.05) is 12.8 Å². The van der Waals surface area contributed by atoms with Crippen molar-refractivity contribution >= 4 is 22.4 Å². The zero-order valence-corrected chi connectivity index (χ0v) is 8.19. The molecule has 0 bridgehead atoms. The fraction of sp³-hybridized carbons (Fsp3) is 0.429. The summed E-state index contributed by atoms with van der Waals surface area (Å²) in [4.78, 5) is 14.9. The molecule has 2 atom stereocenters. The maximum atomic E-state index is 10.9. The molecular weight excluding hydrogens is 208 g/mol. The molecule has 0 aromatic carbocycles. The van der Waals surface area contributed by atoms with Crippen LogP contribution in [0, 0.1) is 0 Å². The zero-order chi connectivity index (χ0) is 10.7. The molecule has 0 saturated heterocycles. The second-order valence-electron chi connectivity index (χ2n) is 2.51. The number of carbonyl (C=O) groups is 1. The Kier molecular flexibility index (Phi) is 3.39. The molecule has 0 aliphatic rings. The molecule has 1 aromatic rings. The van der Waals surface area contributed by atoms with Gasteiger partial charge in [-0.3, -0.25) is 0 Å². The summed E-state index contributed by atoms with van der Waals surface area (Å²) in [5, 5.41) is 19.0. The minimum atomic E-state index is -1.61. The average Bonchev–Trinajstić information content (AvgIpc) is 2.61. The topological polar surface area (TPSA) is 106 Å². The number of aromatic nitrogens is 1. The van der Waals surface area contributed by atoms with Crippen LogP contribution in [0.25, 0.3) is 0 Å². The summed E-state index contributed by atoms with van der Waals surface area (Å²) in [6, 6.07) is 0. The van der Waals surface area contributed by atoms with E-state index in [0.29, 0.717) is 4.88 Å². The van der Waals surface area contributed by atoms with Crippen LogP contribution in [0.1, 0.15) is 11.0 Å². The zero-order valence-electron chi connectivity index (χ0n) is 7.38. The standard InChI is InChI=1S/C7H10N2O4S/c1-13-6(12)5(11)4(10)3-2-9-7(8)14-3/h2,4-5,10-11H,1H3,(H2,8,9). The van der Waals surface area contributed by atoms with E-state index in [0.717, 1.165) is 18.4 Å². The lowest BCUT2D eigenvalue weighted by Gasteiger charge is -2.13. The first kappa shape index (κ1) is 10.9. The van der Waals surface area contributed by atoms with Crippen LogP contribution in [0.4, 0.5) is 5.13 Å². The van der Waals surface area contributed by atoms with E-state index in [2.05, 4.69) is 9.72 Å². The Hall–Kier alpha value is -1.18. The summed E-state index contributed by atoms with van der Waals surface area (Å²) in [5.41, 5.74) is 5.32. The Morgan fingerprint density at radius 1 is 1.71 bits per heavy atom. The lowest BCUT2D eigenvalue weighted by molar-refractivity contribution is -0.156. The van der Waals surface area contributed by atoms with Gasteiger partial charge in [-0.15, -0.1) is 0 Å². The first-order valence-electron chi connectivity index (χ1n) is 3.71. The summed E-state index contributed by atoms with van der Waals surface area (Å²) in [6.07, 6.45) is -1.66. The van der Waals surface area contributed by atoms with Gasteiger partial charge in [-0.2, -0.15) is 0 Å². The molecule has 0 spiro atoms. The van der Waals surface area contributed by atoms with Gasteiger partial charge in [0, 0.05) is 6.20 Å². The Morgan fingerprint density at radius 3 is 2.79 bits per heavy atom. The fourth-order valence-electron chi connectivity index (χ4n) is 0.843. The van der Waals surface area contributed by atoms with Gasteiger partial charge in [0.05, 0.1) is 12.0 Å². The quantitative estimate of drug-likeness (QED) is 0.579. The minimum Gasteiger partial charge on any atom is -0.467 e. The highest BCUT2D eigenvalue weighted by molar-refractivity contribution is 7.15. The van der Waals surface area contributed by atoms with Gasteiger partial charge in [0.1, 0.15) is 6.10 Å². The third kappa shape index (κ3) is 2.19. The molecule has 2 unspecified atom stereocenters. The predicted octanol–water partition coefficient (Wildman–Crippen LogP) is -0.707. The monoisotopic (exact) mass is 218 g/mol. The van der Waals surface area contributed by atoms with Crippen molar-refractivity contribution in [3.63, 3.8) is 0 Å². The highest BCUT2D eigenvalue weighted by Crippen LogP contribution is 2.24. The van der Waals surface area contributed by atoms with E-state index in [1.165, 1.54) is 6.20 Å². The first-order valence-corrected chi connectivity index (χ1v) is 4.53. The number of aliphatic hydroxyl groups is 2. The third-order valence-corrected chi connectivity index (χ3v) is 2.47. The molecule has 0 aliphatic heterocycles. The molecule has 0 saturated carbocycles. The van der Waals surface area contributed by atoms with Crippen LogP contribution >= 0.6 is 11.3 Å². The number of nitrogens with two attached hydrogens (primary N) is 1. The molecule has 14 heavy (non-hydrogen) atoms. The van der Waals surface area contributed by atoms with Gasteiger partial charge < -0.3 is 20.7 Å². The third-order valence-electron chi connectivity index (χ3n) is 1.57. The molecule has 0 radical (unpaired) electrons. The van der Waals surface area contributed by atoms with E-state index in [1.807, 2.05) is 0 Å². The lowest BCUT2D eigenvalue weighted by Crippen LogP contribution is -2.28. The van der Waals surface area contributed by atoms with Gasteiger partial charge >= 0.3 is 5.97 Å². The Balaban J connectivity index is 2.74. The van der Waals surface area contributed by atoms with Crippen LogP contribution in [-0.2, 0) is 9.53 Å². The average molecular weight is 218 g/mol. The lowest BCUT2D eigenvalue weighted by atomic mass is 10.2. The molecule has 0 aliphatic carbocycles. The number of rotatable bonds is 3. The molecule has 7 heteroatoms. The first-order chi connectivity index (χ1) is 6.56. The van der Waals surface area contributed by atoms with Crippen LogP contribution in [0.2, 0.25) is 0 Å². The molecule has 1 aromatic heterocycles. The maximum absolute atomic E-state index is 10.9. The molecule has 4 N–H and O–H groups in total. The van der Waals surface area contributed by atoms with Gasteiger partial charge in [0.2, 0.25) is 0 Å². The van der Waals surface area contributed by atoms with Crippen molar-refractivity contribution in [3.8, 4) is 0 Å². The molecule has 1 heterocycles. The number of methoxy groups -OCH3 is 1. The summed E-state index contributed by atoms with van der Waals surface area (Å²) < 4.78 is 4.27. The van der Waals surface area contributed by atoms with E-state index in [4.69, 9.17) is 5.73 Å². The normalized spacial score (nSPS) is 14.8. The largest absolute Gasteiger partial charge is 0.467 e. The van der Waals surface area contributed by atoms with Crippen LogP contribution < -0.4 is 5.73 Å². The highest BCUT2D eigenvalue weighted by atomic mass is 32.1. The van der Waals surface area contributed by atoms with Gasteiger partial charge in [0.25, 0.3) is 0 Å². The van der Waals surface area contributed by atoms with Crippen molar-refractivity contribution in [1.82, 2.24) is 4.98 Å². The number of nitrogens with zero attached hydrogens (tertiary/aromatic N) is 1. The summed E-state index contributed by atoms with van der Waals surface area (Å²) in [6.45, 7) is 0. The van der Waals surface area contributed by atoms with Crippen LogP contribution in [-0.4, -0.2) is 34.4 Å². The van der Waals surface area contributed by atoms with Crippen LogP contribution in [0.5, 0.6) is 0 Å². The van der Waals surface area contributed by atoms with Gasteiger partial charge in [-0.1, -0.05) is 11.3 Å². The van der Waals surface area contributed by atoms with Crippen molar-refractivity contribution in [2.24, 2.45) is 0 Å². The second-order valence-corrected chi connectivity index (χ2v) is 3.61. The minimum absolute atomic E-state index is 0.260. The van der Waals surface area contributed by atoms with Gasteiger partial charge in [0.15, 0.2) is 11.2 Å². The Labute approximate surface area is 84.0 Å². The van der Waals surface area contributed by atoms with E-state index < -0.39 is 18.2 Å². The van der Waals surface area contributed by atoms with Crippen molar-refractivity contribution < 1.29 is 19.7 Å². The number of thiazole rings is 1. The number of esters is 1. The number of ether oxygens (including phenoxy) is 1. The van der Waals surface area contributed by atoms with Crippen molar-refractivity contribution in [3.05, 3.63) is 11.1 Å². The second kappa shape index (κ2) is 4.36. The number of anilines is 1. The Morgan fingerprint density at radius 2 is 2.36 bits per heavy atom. The van der Waals surface area contributed by atoms with Crippen molar-refractivity contribution in [1.29, 1.82) is 0 Å². The number of nitrogen functional groups attached to an aromatic ring is 1. The molecule has 1 rings (SSSR count). The van der Waals surface area contributed by atoms with Crippen LogP contribution in [0.3, 0.4) is 0 Å². The van der Waals surface area contributed by atoms with E-state index >= 15 is 0 Å². The molecule has 6 nitrogen and oxygen atoms in total. The molecule has 78 valence electrons. The van der Waals surface area contributed by atoms with E-state index in [9.17, 15) is 15.0 Å². The number of hydrogen-bond acceptors (Lipinski definition) is 7. The number of aliphatic hydroxyl groups excluding tert-OH is 2. The van der Waals surface area contributed by atoms with E-state index in [1.54, 1.807) is 0 Å². The smallest absolute Gasteiger partial charge is 0.337 e. The fourth-order valence-corrected chi connectivity index (χ4v) is 1.54.